The first-order chi connectivity index (χ1) is 6.81. The van der Waals surface area contributed by atoms with Crippen LogP contribution < -0.4 is 0 Å². The van der Waals surface area contributed by atoms with Gasteiger partial charge in [-0.3, -0.25) is 4.79 Å². The number of rotatable bonds is 4. The zero-order valence-electron chi connectivity index (χ0n) is 8.66. The number of unbranched alkanes of at least 4 members (excludes halogenated alkanes) is 2. The SMILES string of the molecule is CCCCCC1=CN2C(=O)C[C@@H]2SC1. The molecule has 0 bridgehead atoms. The van der Waals surface area contributed by atoms with Gasteiger partial charge in [0.1, 0.15) is 0 Å². The Morgan fingerprint density at radius 3 is 3.14 bits per heavy atom. The topological polar surface area (TPSA) is 20.3 Å². The maximum Gasteiger partial charge on any atom is 0.230 e. The second-order valence-electron chi connectivity index (χ2n) is 4.02. The highest BCUT2D eigenvalue weighted by Gasteiger charge is 2.37. The van der Waals surface area contributed by atoms with Crippen LogP contribution in [0, 0.1) is 0 Å². The van der Waals surface area contributed by atoms with E-state index >= 15 is 0 Å². The quantitative estimate of drug-likeness (QED) is 0.526. The van der Waals surface area contributed by atoms with E-state index in [9.17, 15) is 4.79 Å². The van der Waals surface area contributed by atoms with Crippen LogP contribution in [-0.2, 0) is 4.79 Å². The van der Waals surface area contributed by atoms with Crippen LogP contribution in [0.1, 0.15) is 39.0 Å². The third-order valence-corrected chi connectivity index (χ3v) is 4.15. The van der Waals surface area contributed by atoms with E-state index in [2.05, 4.69) is 13.1 Å². The van der Waals surface area contributed by atoms with Gasteiger partial charge in [-0.25, -0.2) is 0 Å². The summed E-state index contributed by atoms with van der Waals surface area (Å²) in [7, 11) is 0. The fourth-order valence-electron chi connectivity index (χ4n) is 1.87. The lowest BCUT2D eigenvalue weighted by molar-refractivity contribution is -0.137. The smallest absolute Gasteiger partial charge is 0.230 e. The predicted octanol–water partition coefficient (Wildman–Crippen LogP) is 2.76. The Morgan fingerprint density at radius 2 is 2.43 bits per heavy atom. The number of carbonyl (C=O) groups excluding carboxylic acids is 1. The summed E-state index contributed by atoms with van der Waals surface area (Å²) in [6, 6.07) is 0. The molecular weight excluding hydrogens is 194 g/mol. The molecule has 2 nitrogen and oxygen atoms in total. The summed E-state index contributed by atoms with van der Waals surface area (Å²) in [4.78, 5) is 13.1. The Balaban J connectivity index is 1.84. The van der Waals surface area contributed by atoms with Crippen molar-refractivity contribution in [3.63, 3.8) is 0 Å². The zero-order chi connectivity index (χ0) is 9.97. The maximum absolute atomic E-state index is 11.2. The van der Waals surface area contributed by atoms with Crippen LogP contribution in [0.5, 0.6) is 0 Å². The number of β-lactam (4-membered cyclic amide) rings is 1. The van der Waals surface area contributed by atoms with Crippen molar-refractivity contribution in [3.05, 3.63) is 11.8 Å². The molecule has 78 valence electrons. The van der Waals surface area contributed by atoms with Crippen LogP contribution >= 0.6 is 11.8 Å². The molecular formula is C11H17NOS. The summed E-state index contributed by atoms with van der Waals surface area (Å²) in [5.41, 5.74) is 1.45. The van der Waals surface area contributed by atoms with Gasteiger partial charge in [0.2, 0.25) is 5.91 Å². The summed E-state index contributed by atoms with van der Waals surface area (Å²) in [6.07, 6.45) is 7.88. The van der Waals surface area contributed by atoms with E-state index in [4.69, 9.17) is 0 Å². The summed E-state index contributed by atoms with van der Waals surface area (Å²) >= 11 is 1.92. The lowest BCUT2D eigenvalue weighted by atomic mass is 10.1. The Labute approximate surface area is 89.7 Å². The van der Waals surface area contributed by atoms with Gasteiger partial charge in [0.25, 0.3) is 0 Å². The van der Waals surface area contributed by atoms with Crippen LogP contribution in [-0.4, -0.2) is 21.9 Å². The molecule has 3 heteroatoms. The van der Waals surface area contributed by atoms with Gasteiger partial charge < -0.3 is 4.90 Å². The van der Waals surface area contributed by atoms with E-state index in [1.807, 2.05) is 16.7 Å². The summed E-state index contributed by atoms with van der Waals surface area (Å²) in [5.74, 6) is 1.44. The summed E-state index contributed by atoms with van der Waals surface area (Å²) in [5, 5.41) is 0.470. The number of carbonyl (C=O) groups is 1. The minimum atomic E-state index is 0.301. The predicted molar refractivity (Wildman–Crippen MR) is 59.9 cm³/mol. The Bertz CT molecular complexity index is 262. The molecule has 0 aliphatic carbocycles. The van der Waals surface area contributed by atoms with Crippen molar-refractivity contribution in [2.45, 2.75) is 44.4 Å². The summed E-state index contributed by atoms with van der Waals surface area (Å²) < 4.78 is 0. The van der Waals surface area contributed by atoms with E-state index in [0.29, 0.717) is 11.3 Å². The highest BCUT2D eigenvalue weighted by Crippen LogP contribution is 2.36. The summed E-state index contributed by atoms with van der Waals surface area (Å²) in [6.45, 7) is 2.22. The van der Waals surface area contributed by atoms with Crippen molar-refractivity contribution in [1.29, 1.82) is 0 Å². The minimum Gasteiger partial charge on any atom is -0.306 e. The third kappa shape index (κ3) is 1.97. The van der Waals surface area contributed by atoms with Crippen molar-refractivity contribution >= 4 is 17.7 Å². The van der Waals surface area contributed by atoms with Crippen LogP contribution in [0.15, 0.2) is 11.8 Å². The molecule has 1 fully saturated rings. The van der Waals surface area contributed by atoms with Crippen molar-refractivity contribution in [2.24, 2.45) is 0 Å². The van der Waals surface area contributed by atoms with Crippen LogP contribution in [0.4, 0.5) is 0 Å². The van der Waals surface area contributed by atoms with E-state index in [0.717, 1.165) is 12.2 Å². The van der Waals surface area contributed by atoms with Crippen molar-refractivity contribution in [2.75, 3.05) is 5.75 Å². The molecule has 2 heterocycles. The molecule has 0 N–H and O–H groups in total. The Morgan fingerprint density at radius 1 is 1.57 bits per heavy atom. The molecule has 0 aromatic heterocycles. The average molecular weight is 211 g/mol. The molecule has 0 unspecified atom stereocenters. The largest absolute Gasteiger partial charge is 0.306 e. The average Bonchev–Trinajstić information content (AvgIpc) is 2.19. The molecule has 0 spiro atoms. The lowest BCUT2D eigenvalue weighted by Crippen LogP contribution is -2.49. The highest BCUT2D eigenvalue weighted by atomic mass is 32.2. The number of thioether (sulfide) groups is 1. The molecule has 14 heavy (non-hydrogen) atoms. The second-order valence-corrected chi connectivity index (χ2v) is 5.18. The third-order valence-electron chi connectivity index (χ3n) is 2.83. The van der Waals surface area contributed by atoms with E-state index < -0.39 is 0 Å². The molecule has 1 atom stereocenters. The molecule has 1 amide bonds. The van der Waals surface area contributed by atoms with Gasteiger partial charge >= 0.3 is 0 Å². The Kier molecular flexibility index (Phi) is 3.16. The fraction of sp³-hybridized carbons (Fsp3) is 0.727. The van der Waals surface area contributed by atoms with Crippen LogP contribution in [0.3, 0.4) is 0 Å². The zero-order valence-corrected chi connectivity index (χ0v) is 9.48. The van der Waals surface area contributed by atoms with Crippen molar-refractivity contribution in [3.8, 4) is 0 Å². The molecule has 2 rings (SSSR count). The van der Waals surface area contributed by atoms with Gasteiger partial charge in [-0.15, -0.1) is 11.8 Å². The monoisotopic (exact) mass is 211 g/mol. The van der Waals surface area contributed by atoms with Crippen LogP contribution in [0.2, 0.25) is 0 Å². The van der Waals surface area contributed by atoms with Crippen molar-refractivity contribution in [1.82, 2.24) is 4.90 Å². The van der Waals surface area contributed by atoms with Gasteiger partial charge in [-0.2, -0.15) is 0 Å². The fourth-order valence-corrected chi connectivity index (χ4v) is 3.10. The van der Waals surface area contributed by atoms with E-state index in [-0.39, 0.29) is 0 Å². The number of hydrogen-bond donors (Lipinski definition) is 0. The number of hydrogen-bond acceptors (Lipinski definition) is 2. The van der Waals surface area contributed by atoms with E-state index in [1.54, 1.807) is 0 Å². The molecule has 2 aliphatic rings. The van der Waals surface area contributed by atoms with Gasteiger partial charge in [0.05, 0.1) is 11.8 Å². The maximum atomic E-state index is 11.2. The second kappa shape index (κ2) is 4.39. The number of fused-ring (bicyclic) bond motifs is 1. The number of amides is 1. The first-order valence-electron chi connectivity index (χ1n) is 5.43. The first-order valence-corrected chi connectivity index (χ1v) is 6.48. The normalized spacial score (nSPS) is 25.5. The van der Waals surface area contributed by atoms with Crippen molar-refractivity contribution < 1.29 is 4.79 Å². The minimum absolute atomic E-state index is 0.301. The van der Waals surface area contributed by atoms with Gasteiger partial charge in [0.15, 0.2) is 0 Å². The molecule has 0 aromatic rings. The number of nitrogens with zero attached hydrogens (tertiary/aromatic N) is 1. The van der Waals surface area contributed by atoms with E-state index in [1.165, 1.54) is 31.3 Å². The highest BCUT2D eigenvalue weighted by molar-refractivity contribution is 8.00. The Hall–Kier alpha value is -0.440. The van der Waals surface area contributed by atoms with Crippen LogP contribution in [0.25, 0.3) is 0 Å². The molecule has 0 aromatic carbocycles. The molecule has 0 radical (unpaired) electrons. The standard InChI is InChI=1S/C11H17NOS/c1-2-3-4-5-9-7-12-10(13)6-11(12)14-8-9/h7,11H,2-6,8H2,1H3/t11-/m0/s1. The van der Waals surface area contributed by atoms with Gasteiger partial charge in [0, 0.05) is 12.0 Å². The van der Waals surface area contributed by atoms with Gasteiger partial charge in [-0.1, -0.05) is 19.8 Å². The first kappa shape index (κ1) is 10.1. The molecule has 2 aliphatic heterocycles. The van der Waals surface area contributed by atoms with Gasteiger partial charge in [-0.05, 0) is 18.4 Å². The molecule has 0 saturated carbocycles. The lowest BCUT2D eigenvalue weighted by Gasteiger charge is -2.41. The molecule has 1 saturated heterocycles.